The third-order valence-corrected chi connectivity index (χ3v) is 7.97. The Balaban J connectivity index is 2.07. The first-order chi connectivity index (χ1) is 20.4. The van der Waals surface area contributed by atoms with Crippen molar-refractivity contribution in [3.63, 3.8) is 0 Å². The Morgan fingerprint density at radius 2 is 1.70 bits per heavy atom. The van der Waals surface area contributed by atoms with Gasteiger partial charge in [0.1, 0.15) is 11.6 Å². The number of allylic oxidation sites excluding steroid dienone is 2. The van der Waals surface area contributed by atoms with E-state index in [0.29, 0.717) is 30.8 Å². The summed E-state index contributed by atoms with van der Waals surface area (Å²) in [5.41, 5.74) is 7.68. The zero-order valence-electron chi connectivity index (χ0n) is 26.0. The van der Waals surface area contributed by atoms with E-state index >= 15 is 0 Å². The van der Waals surface area contributed by atoms with Gasteiger partial charge >= 0.3 is 0 Å². The quantitative estimate of drug-likeness (QED) is 0.276. The van der Waals surface area contributed by atoms with Gasteiger partial charge in [-0.2, -0.15) is 0 Å². The van der Waals surface area contributed by atoms with Crippen molar-refractivity contribution >= 4 is 17.5 Å². The second-order valence-corrected chi connectivity index (χ2v) is 11.8. The first kappa shape index (κ1) is 33.9. The number of nitrogens with one attached hydrogen (secondary N) is 1. The normalized spacial score (nSPS) is 18.0. The number of primary amides is 1. The maximum absolute atomic E-state index is 14.6. The Hall–Kier alpha value is -3.56. The smallest absolute Gasteiger partial charge is 0.244 e. The lowest BCUT2D eigenvalue weighted by Gasteiger charge is -2.45. The van der Waals surface area contributed by atoms with Crippen LogP contribution in [0, 0.1) is 23.0 Å². The predicted molar refractivity (Wildman–Crippen MR) is 167 cm³/mol. The summed E-state index contributed by atoms with van der Waals surface area (Å²) in [5.74, 6) is -3.20. The Kier molecular flexibility index (Phi) is 12.0. The Labute approximate surface area is 254 Å². The second-order valence-electron chi connectivity index (χ2n) is 11.8. The molecule has 2 aromatic rings. The number of anilines is 1. The van der Waals surface area contributed by atoms with Gasteiger partial charge < -0.3 is 26.0 Å². The van der Waals surface area contributed by atoms with Crippen molar-refractivity contribution in [2.75, 3.05) is 38.6 Å². The number of nitrogens with two attached hydrogens (primary N) is 1. The molecule has 1 aliphatic carbocycles. The Morgan fingerprint density at radius 1 is 1.05 bits per heavy atom. The zero-order chi connectivity index (χ0) is 31.7. The van der Waals surface area contributed by atoms with E-state index in [9.17, 15) is 23.5 Å². The van der Waals surface area contributed by atoms with Gasteiger partial charge in [0.25, 0.3) is 0 Å². The first-order valence-electron chi connectivity index (χ1n) is 15.0. The number of rotatable bonds is 15. The Morgan fingerprint density at radius 3 is 2.28 bits per heavy atom. The van der Waals surface area contributed by atoms with Crippen molar-refractivity contribution in [1.82, 2.24) is 10.2 Å². The molecule has 2 aromatic carbocycles. The monoisotopic (exact) mass is 596 g/mol. The summed E-state index contributed by atoms with van der Waals surface area (Å²) in [7, 11) is 3.92. The number of aliphatic hydroxyl groups excluding tert-OH is 1. The molecular formula is C34H46F2N4O3. The van der Waals surface area contributed by atoms with E-state index in [4.69, 9.17) is 5.73 Å². The van der Waals surface area contributed by atoms with Crippen LogP contribution in [0.3, 0.4) is 0 Å². The summed E-state index contributed by atoms with van der Waals surface area (Å²) < 4.78 is 28.7. The molecule has 0 fully saturated rings. The number of carbonyl (C=O) groups excluding carboxylic acids is 2. The molecule has 7 nitrogen and oxygen atoms in total. The van der Waals surface area contributed by atoms with Crippen LogP contribution in [0.4, 0.5) is 14.5 Å². The predicted octanol–water partition coefficient (Wildman–Crippen LogP) is 4.74. The van der Waals surface area contributed by atoms with Gasteiger partial charge in [0.15, 0.2) is 0 Å². The SMILES string of the molecule is CCCN(CCC)C(=O)C1([C@H](Cc2cc(F)cc(F)c2)[C@@H](O)CNCc2cccc(N(C)C)c2)C=C(C)C=C(C(N)=O)C1. The number of hydrogen-bond donors (Lipinski definition) is 3. The highest BCUT2D eigenvalue weighted by molar-refractivity contribution is 5.96. The molecule has 0 bridgehead atoms. The first-order valence-corrected chi connectivity index (χ1v) is 15.0. The summed E-state index contributed by atoms with van der Waals surface area (Å²) >= 11 is 0. The highest BCUT2D eigenvalue weighted by Crippen LogP contribution is 2.45. The van der Waals surface area contributed by atoms with E-state index in [2.05, 4.69) is 5.32 Å². The van der Waals surface area contributed by atoms with Crippen LogP contribution in [0.2, 0.25) is 0 Å². The summed E-state index contributed by atoms with van der Waals surface area (Å²) in [6, 6.07) is 11.2. The molecule has 0 saturated heterocycles. The molecule has 4 N–H and O–H groups in total. The molecule has 0 spiro atoms. The van der Waals surface area contributed by atoms with Crippen molar-refractivity contribution in [3.8, 4) is 0 Å². The number of halogens is 2. The fraction of sp³-hybridized carbons (Fsp3) is 0.471. The lowest BCUT2D eigenvalue weighted by atomic mass is 9.63. The topological polar surface area (TPSA) is 98.9 Å². The summed E-state index contributed by atoms with van der Waals surface area (Å²) in [4.78, 5) is 30.9. The van der Waals surface area contributed by atoms with Crippen LogP contribution in [0.15, 0.2) is 65.8 Å². The molecule has 9 heteroatoms. The van der Waals surface area contributed by atoms with E-state index in [0.717, 1.165) is 30.2 Å². The van der Waals surface area contributed by atoms with Crippen LogP contribution in [0.5, 0.6) is 0 Å². The van der Waals surface area contributed by atoms with Crippen LogP contribution in [-0.4, -0.2) is 61.7 Å². The third-order valence-electron chi connectivity index (χ3n) is 7.97. The number of hydrogen-bond acceptors (Lipinski definition) is 5. The number of nitrogens with zero attached hydrogens (tertiary/aromatic N) is 2. The maximum atomic E-state index is 14.6. The summed E-state index contributed by atoms with van der Waals surface area (Å²) in [6.07, 6.45) is 3.78. The molecular weight excluding hydrogens is 550 g/mol. The van der Waals surface area contributed by atoms with E-state index in [1.54, 1.807) is 17.9 Å². The highest BCUT2D eigenvalue weighted by atomic mass is 19.1. The van der Waals surface area contributed by atoms with E-state index in [1.165, 1.54) is 12.1 Å². The molecule has 0 saturated carbocycles. The lowest BCUT2D eigenvalue weighted by Crippen LogP contribution is -2.54. The van der Waals surface area contributed by atoms with Crippen LogP contribution in [-0.2, 0) is 22.6 Å². The molecule has 3 atom stereocenters. The fourth-order valence-corrected chi connectivity index (χ4v) is 6.08. The van der Waals surface area contributed by atoms with Gasteiger partial charge in [-0.05, 0) is 68.0 Å². The molecule has 0 heterocycles. The highest BCUT2D eigenvalue weighted by Gasteiger charge is 2.50. The minimum atomic E-state index is -1.37. The molecule has 0 aliphatic heterocycles. The van der Waals surface area contributed by atoms with Crippen LogP contribution in [0.25, 0.3) is 0 Å². The van der Waals surface area contributed by atoms with Gasteiger partial charge in [0.2, 0.25) is 11.8 Å². The third kappa shape index (κ3) is 8.74. The van der Waals surface area contributed by atoms with Crippen molar-refractivity contribution in [1.29, 1.82) is 0 Å². The second kappa shape index (κ2) is 15.3. The van der Waals surface area contributed by atoms with Crippen LogP contribution >= 0.6 is 0 Å². The molecule has 234 valence electrons. The average molecular weight is 597 g/mol. The van der Waals surface area contributed by atoms with Gasteiger partial charge in [-0.15, -0.1) is 0 Å². The molecule has 0 aromatic heterocycles. The van der Waals surface area contributed by atoms with Crippen molar-refractivity contribution in [3.05, 3.63) is 88.5 Å². The van der Waals surface area contributed by atoms with E-state index < -0.39 is 35.0 Å². The average Bonchev–Trinajstić information content (AvgIpc) is 2.94. The largest absolute Gasteiger partial charge is 0.391 e. The van der Waals surface area contributed by atoms with Gasteiger partial charge in [-0.1, -0.05) is 43.7 Å². The molecule has 0 radical (unpaired) electrons. The minimum Gasteiger partial charge on any atom is -0.391 e. The van der Waals surface area contributed by atoms with Gasteiger partial charge in [0, 0.05) is 63.5 Å². The molecule has 1 unspecified atom stereocenters. The minimum absolute atomic E-state index is 0.00128. The number of carbonyl (C=O) groups is 2. The number of amides is 2. The van der Waals surface area contributed by atoms with Crippen LogP contribution in [0.1, 0.15) is 51.2 Å². The maximum Gasteiger partial charge on any atom is 0.244 e. The van der Waals surface area contributed by atoms with Gasteiger partial charge in [0.05, 0.1) is 11.5 Å². The summed E-state index contributed by atoms with van der Waals surface area (Å²) in [6.45, 7) is 7.31. The zero-order valence-corrected chi connectivity index (χ0v) is 26.0. The van der Waals surface area contributed by atoms with Gasteiger partial charge in [-0.25, -0.2) is 8.78 Å². The molecule has 3 rings (SSSR count). The van der Waals surface area contributed by atoms with Crippen LogP contribution < -0.4 is 16.0 Å². The van der Waals surface area contributed by atoms with Crippen molar-refractivity contribution < 1.29 is 23.5 Å². The van der Waals surface area contributed by atoms with Crippen molar-refractivity contribution in [2.24, 2.45) is 17.1 Å². The lowest BCUT2D eigenvalue weighted by molar-refractivity contribution is -0.145. The molecule has 1 aliphatic rings. The standard InChI is InChI=1S/C34H46F2N4O3/c1-6-11-40(12-7-2)33(43)34(19-23(3)13-26(20-34)32(37)42)30(17-25-14-27(35)18-28(36)15-25)31(41)22-38-21-24-9-8-10-29(16-24)39(4)5/h8-10,13-16,18-19,30-31,38,41H,6-7,11-12,17,20-22H2,1-5H3,(H2,37,42)/t30-,31+,34?/m1/s1. The summed E-state index contributed by atoms with van der Waals surface area (Å²) in [5, 5.41) is 15.2. The Bertz CT molecular complexity index is 1320. The van der Waals surface area contributed by atoms with E-state index in [1.807, 2.05) is 63.2 Å². The molecule has 43 heavy (non-hydrogen) atoms. The number of benzene rings is 2. The van der Waals surface area contributed by atoms with Crippen molar-refractivity contribution in [2.45, 2.75) is 59.1 Å². The van der Waals surface area contributed by atoms with E-state index in [-0.39, 0.29) is 30.9 Å². The fourth-order valence-electron chi connectivity index (χ4n) is 6.08. The molecule has 2 amide bonds. The van der Waals surface area contributed by atoms with Gasteiger partial charge in [-0.3, -0.25) is 9.59 Å². The number of aliphatic hydroxyl groups is 1.